The summed E-state index contributed by atoms with van der Waals surface area (Å²) in [5, 5.41) is 2.02. The average Bonchev–Trinajstić information content (AvgIpc) is 3.01. The SMILES string of the molecule is COC(c1ccccc1)C(N)Cc1cn2ccsc2n1. The fourth-order valence-electron chi connectivity index (χ4n) is 2.42. The van der Waals surface area contributed by atoms with Crippen molar-refractivity contribution in [3.63, 3.8) is 0 Å². The molecule has 2 aromatic heterocycles. The molecular weight excluding hydrogens is 270 g/mol. The average molecular weight is 287 g/mol. The minimum Gasteiger partial charge on any atom is -0.375 e. The first-order chi connectivity index (χ1) is 9.78. The molecule has 0 bridgehead atoms. The van der Waals surface area contributed by atoms with Crippen molar-refractivity contribution in [2.24, 2.45) is 5.73 Å². The number of hydrogen-bond donors (Lipinski definition) is 1. The van der Waals surface area contributed by atoms with Gasteiger partial charge in [0.1, 0.15) is 0 Å². The van der Waals surface area contributed by atoms with Gasteiger partial charge in [0.2, 0.25) is 0 Å². The molecule has 2 N–H and O–H groups in total. The van der Waals surface area contributed by atoms with Gasteiger partial charge in [0.25, 0.3) is 0 Å². The summed E-state index contributed by atoms with van der Waals surface area (Å²) in [6.45, 7) is 0. The second kappa shape index (κ2) is 5.75. The van der Waals surface area contributed by atoms with Crippen molar-refractivity contribution < 1.29 is 4.74 Å². The fraction of sp³-hybridized carbons (Fsp3) is 0.267. The fourth-order valence-corrected chi connectivity index (χ4v) is 3.14. The van der Waals surface area contributed by atoms with E-state index in [1.54, 1.807) is 18.4 Å². The van der Waals surface area contributed by atoms with E-state index in [1.165, 1.54) is 0 Å². The highest BCUT2D eigenvalue weighted by Gasteiger charge is 2.20. The smallest absolute Gasteiger partial charge is 0.193 e. The Hall–Kier alpha value is -1.69. The Kier molecular flexibility index (Phi) is 3.82. The Bertz CT molecular complexity index is 648. The lowest BCUT2D eigenvalue weighted by Crippen LogP contribution is -2.32. The van der Waals surface area contributed by atoms with E-state index in [9.17, 15) is 0 Å². The molecule has 0 aliphatic rings. The number of imidazole rings is 1. The highest BCUT2D eigenvalue weighted by Crippen LogP contribution is 2.22. The maximum Gasteiger partial charge on any atom is 0.193 e. The van der Waals surface area contributed by atoms with Gasteiger partial charge in [-0.2, -0.15) is 0 Å². The quantitative estimate of drug-likeness (QED) is 0.785. The predicted octanol–water partition coefficient (Wildman–Crippen LogP) is 2.65. The highest BCUT2D eigenvalue weighted by molar-refractivity contribution is 7.15. The zero-order chi connectivity index (χ0) is 13.9. The number of fused-ring (bicyclic) bond motifs is 1. The van der Waals surface area contributed by atoms with Gasteiger partial charge in [-0.15, -0.1) is 11.3 Å². The van der Waals surface area contributed by atoms with Crippen LogP contribution in [0.1, 0.15) is 17.4 Å². The predicted molar refractivity (Wildman–Crippen MR) is 80.9 cm³/mol. The van der Waals surface area contributed by atoms with E-state index in [0.29, 0.717) is 6.42 Å². The van der Waals surface area contributed by atoms with Crippen LogP contribution in [0.15, 0.2) is 48.1 Å². The normalized spacial score (nSPS) is 14.5. The number of hydrogen-bond acceptors (Lipinski definition) is 4. The molecule has 3 aromatic rings. The van der Waals surface area contributed by atoms with Gasteiger partial charge in [-0.1, -0.05) is 30.3 Å². The van der Waals surface area contributed by atoms with Crippen molar-refractivity contribution >= 4 is 16.3 Å². The van der Waals surface area contributed by atoms with Crippen LogP contribution in [0.2, 0.25) is 0 Å². The van der Waals surface area contributed by atoms with Gasteiger partial charge in [0.05, 0.1) is 11.8 Å². The third-order valence-electron chi connectivity index (χ3n) is 3.36. The molecule has 0 saturated carbocycles. The Morgan fingerprint density at radius 3 is 2.85 bits per heavy atom. The summed E-state index contributed by atoms with van der Waals surface area (Å²) in [5.41, 5.74) is 8.41. The van der Waals surface area contributed by atoms with Crippen molar-refractivity contribution in [2.45, 2.75) is 18.6 Å². The lowest BCUT2D eigenvalue weighted by Gasteiger charge is -2.22. The topological polar surface area (TPSA) is 52.5 Å². The summed E-state index contributed by atoms with van der Waals surface area (Å²) in [4.78, 5) is 5.57. The summed E-state index contributed by atoms with van der Waals surface area (Å²) >= 11 is 1.63. The maximum atomic E-state index is 6.31. The molecule has 2 heterocycles. The van der Waals surface area contributed by atoms with Crippen molar-refractivity contribution in [3.8, 4) is 0 Å². The highest BCUT2D eigenvalue weighted by atomic mass is 32.1. The summed E-state index contributed by atoms with van der Waals surface area (Å²) < 4.78 is 7.59. The molecule has 20 heavy (non-hydrogen) atoms. The molecule has 0 amide bonds. The molecule has 5 heteroatoms. The number of aromatic nitrogens is 2. The number of benzene rings is 1. The van der Waals surface area contributed by atoms with E-state index >= 15 is 0 Å². The summed E-state index contributed by atoms with van der Waals surface area (Å²) in [7, 11) is 1.70. The summed E-state index contributed by atoms with van der Waals surface area (Å²) in [6, 6.07) is 9.96. The summed E-state index contributed by atoms with van der Waals surface area (Å²) in [6.07, 6.45) is 4.62. The first-order valence-corrected chi connectivity index (χ1v) is 7.40. The lowest BCUT2D eigenvalue weighted by atomic mass is 9.99. The molecule has 2 unspecified atom stereocenters. The number of nitrogens with two attached hydrogens (primary N) is 1. The second-order valence-corrected chi connectivity index (χ2v) is 5.63. The number of rotatable bonds is 5. The minimum atomic E-state index is -0.119. The van der Waals surface area contributed by atoms with E-state index in [2.05, 4.69) is 4.98 Å². The molecule has 0 aliphatic carbocycles. The Labute approximate surface area is 121 Å². The molecule has 0 saturated heterocycles. The maximum absolute atomic E-state index is 6.31. The molecular formula is C15H17N3OS. The number of thiazole rings is 1. The Morgan fingerprint density at radius 1 is 1.35 bits per heavy atom. The van der Waals surface area contributed by atoms with Crippen LogP contribution in [0.5, 0.6) is 0 Å². The van der Waals surface area contributed by atoms with Gasteiger partial charge >= 0.3 is 0 Å². The van der Waals surface area contributed by atoms with Crippen LogP contribution in [0, 0.1) is 0 Å². The van der Waals surface area contributed by atoms with Crippen molar-refractivity contribution in [1.29, 1.82) is 0 Å². The molecule has 1 aromatic carbocycles. The number of methoxy groups -OCH3 is 1. The van der Waals surface area contributed by atoms with E-state index in [-0.39, 0.29) is 12.1 Å². The molecule has 104 valence electrons. The van der Waals surface area contributed by atoms with Crippen LogP contribution in [0.3, 0.4) is 0 Å². The third kappa shape index (κ3) is 2.60. The number of ether oxygens (including phenoxy) is 1. The van der Waals surface area contributed by atoms with Gasteiger partial charge in [0, 0.05) is 37.3 Å². The van der Waals surface area contributed by atoms with E-state index in [1.807, 2.05) is 52.5 Å². The monoisotopic (exact) mass is 287 g/mol. The standard InChI is InChI=1S/C15H17N3OS/c1-19-14(11-5-3-2-4-6-11)13(16)9-12-10-18-7-8-20-15(18)17-12/h2-8,10,13-14H,9,16H2,1H3. The van der Waals surface area contributed by atoms with Crippen LogP contribution < -0.4 is 5.73 Å². The van der Waals surface area contributed by atoms with Crippen LogP contribution in [0.4, 0.5) is 0 Å². The number of nitrogens with zero attached hydrogens (tertiary/aromatic N) is 2. The molecule has 0 radical (unpaired) electrons. The molecule has 0 spiro atoms. The lowest BCUT2D eigenvalue weighted by molar-refractivity contribution is 0.0800. The van der Waals surface area contributed by atoms with Crippen molar-refractivity contribution in [3.05, 3.63) is 59.4 Å². The molecule has 2 atom stereocenters. The minimum absolute atomic E-state index is 0.115. The van der Waals surface area contributed by atoms with Crippen LogP contribution in [-0.4, -0.2) is 22.5 Å². The largest absolute Gasteiger partial charge is 0.375 e. The molecule has 0 aliphatic heterocycles. The zero-order valence-electron chi connectivity index (χ0n) is 11.3. The first kappa shape index (κ1) is 13.3. The van der Waals surface area contributed by atoms with Crippen molar-refractivity contribution in [2.75, 3.05) is 7.11 Å². The Morgan fingerprint density at radius 2 is 2.15 bits per heavy atom. The third-order valence-corrected chi connectivity index (χ3v) is 4.13. The van der Waals surface area contributed by atoms with Gasteiger partial charge in [-0.3, -0.25) is 4.40 Å². The van der Waals surface area contributed by atoms with E-state index < -0.39 is 0 Å². The van der Waals surface area contributed by atoms with Gasteiger partial charge < -0.3 is 10.5 Å². The zero-order valence-corrected chi connectivity index (χ0v) is 12.1. The molecule has 3 rings (SSSR count). The molecule has 4 nitrogen and oxygen atoms in total. The van der Waals surface area contributed by atoms with Crippen LogP contribution in [0.25, 0.3) is 4.96 Å². The summed E-state index contributed by atoms with van der Waals surface area (Å²) in [5.74, 6) is 0. The van der Waals surface area contributed by atoms with Crippen molar-refractivity contribution in [1.82, 2.24) is 9.38 Å². The second-order valence-electron chi connectivity index (χ2n) is 4.76. The molecule has 0 fully saturated rings. The Balaban J connectivity index is 1.77. The van der Waals surface area contributed by atoms with Gasteiger partial charge in [-0.05, 0) is 5.56 Å². The van der Waals surface area contributed by atoms with E-state index in [0.717, 1.165) is 16.2 Å². The van der Waals surface area contributed by atoms with Gasteiger partial charge in [-0.25, -0.2) is 4.98 Å². The first-order valence-electron chi connectivity index (χ1n) is 6.52. The van der Waals surface area contributed by atoms with E-state index in [4.69, 9.17) is 10.5 Å². The van der Waals surface area contributed by atoms with Crippen LogP contribution in [-0.2, 0) is 11.2 Å². The van der Waals surface area contributed by atoms with Crippen LogP contribution >= 0.6 is 11.3 Å². The van der Waals surface area contributed by atoms with Gasteiger partial charge in [0.15, 0.2) is 4.96 Å².